The van der Waals surface area contributed by atoms with Crippen LogP contribution in [0.2, 0.25) is 0 Å². The van der Waals surface area contributed by atoms with Gasteiger partial charge in [0.1, 0.15) is 16.7 Å². The summed E-state index contributed by atoms with van der Waals surface area (Å²) in [5, 5.41) is 24.3. The second kappa shape index (κ2) is 6.90. The highest BCUT2D eigenvalue weighted by Gasteiger charge is 2.24. The summed E-state index contributed by atoms with van der Waals surface area (Å²) in [5.74, 6) is 0.427. The van der Waals surface area contributed by atoms with E-state index in [0.29, 0.717) is 34.4 Å². The molecule has 7 nitrogen and oxygen atoms in total. The molecule has 0 saturated heterocycles. The number of rotatable bonds is 6. The van der Waals surface area contributed by atoms with Gasteiger partial charge in [0.05, 0.1) is 23.2 Å². The van der Waals surface area contributed by atoms with Gasteiger partial charge in [-0.1, -0.05) is 31.5 Å². The Balaban J connectivity index is 2.46. The number of hydroxylamine groups is 1. The Kier molecular flexibility index (Phi) is 4.67. The number of hydrogen-bond donors (Lipinski definition) is 1. The summed E-state index contributed by atoms with van der Waals surface area (Å²) in [4.78, 5) is 15.7. The van der Waals surface area contributed by atoms with E-state index in [9.17, 15) is 15.3 Å². The maximum Gasteiger partial charge on any atom is 0.281 e. The largest absolute Gasteiger partial charge is 0.494 e. The number of unbranched alkanes of at least 4 members (excludes halogenated alkanes) is 1. The number of hydrogen-bond acceptors (Lipinski definition) is 6. The van der Waals surface area contributed by atoms with Gasteiger partial charge < -0.3 is 4.74 Å². The first-order valence-corrected chi connectivity index (χ1v) is 8.08. The number of pyridine rings is 1. The number of para-hydroxylation sites is 1. The van der Waals surface area contributed by atoms with Crippen molar-refractivity contribution in [1.82, 2.24) is 4.98 Å². The topological polar surface area (TPSA) is 88.7 Å². The van der Waals surface area contributed by atoms with E-state index >= 15 is 0 Å². The van der Waals surface area contributed by atoms with Crippen molar-refractivity contribution in [2.24, 2.45) is 0 Å². The lowest BCUT2D eigenvalue weighted by Crippen LogP contribution is -2.20. The predicted molar refractivity (Wildman–Crippen MR) is 96.5 cm³/mol. The number of fused-ring (bicyclic) bond motifs is 2. The molecule has 7 heteroatoms. The molecule has 1 heterocycles. The summed E-state index contributed by atoms with van der Waals surface area (Å²) in [5.41, 5.74) is 1.28. The van der Waals surface area contributed by atoms with Crippen LogP contribution in [0.4, 0.5) is 11.4 Å². The molecule has 0 radical (unpaired) electrons. The predicted octanol–water partition coefficient (Wildman–Crippen LogP) is 4.30. The SMILES string of the molecule is CCCCN(O)c1c2ccccc2nc2c(OC)ccc([N+](=O)[O-])c12. The normalized spacial score (nSPS) is 11.0. The van der Waals surface area contributed by atoms with Crippen molar-refractivity contribution in [2.75, 3.05) is 18.7 Å². The van der Waals surface area contributed by atoms with Gasteiger partial charge in [-0.2, -0.15) is 0 Å². The lowest BCUT2D eigenvalue weighted by Gasteiger charge is -2.21. The van der Waals surface area contributed by atoms with E-state index in [1.807, 2.05) is 25.1 Å². The van der Waals surface area contributed by atoms with E-state index in [4.69, 9.17) is 4.74 Å². The third kappa shape index (κ3) is 2.94. The van der Waals surface area contributed by atoms with Crippen molar-refractivity contribution in [1.29, 1.82) is 0 Å². The number of nitrogens with zero attached hydrogens (tertiary/aromatic N) is 3. The lowest BCUT2D eigenvalue weighted by molar-refractivity contribution is -0.383. The number of ether oxygens (including phenoxy) is 1. The van der Waals surface area contributed by atoms with E-state index in [-0.39, 0.29) is 11.1 Å². The van der Waals surface area contributed by atoms with Gasteiger partial charge in [0.25, 0.3) is 5.69 Å². The fraction of sp³-hybridized carbons (Fsp3) is 0.278. The summed E-state index contributed by atoms with van der Waals surface area (Å²) in [6.07, 6.45) is 1.65. The molecular formula is C18H19N3O4. The smallest absolute Gasteiger partial charge is 0.281 e. The number of non-ortho nitro benzene ring substituents is 1. The van der Waals surface area contributed by atoms with Crippen LogP contribution in [0.5, 0.6) is 5.75 Å². The number of nitro groups is 1. The molecule has 130 valence electrons. The van der Waals surface area contributed by atoms with Gasteiger partial charge in [0.15, 0.2) is 0 Å². The molecule has 0 atom stereocenters. The maximum absolute atomic E-state index is 11.6. The van der Waals surface area contributed by atoms with E-state index in [1.54, 1.807) is 6.07 Å². The molecule has 25 heavy (non-hydrogen) atoms. The van der Waals surface area contributed by atoms with Crippen molar-refractivity contribution in [3.8, 4) is 5.75 Å². The minimum absolute atomic E-state index is 0.111. The first kappa shape index (κ1) is 16.9. The highest BCUT2D eigenvalue weighted by atomic mass is 16.6. The third-order valence-corrected chi connectivity index (χ3v) is 4.15. The van der Waals surface area contributed by atoms with Gasteiger partial charge in [-0.3, -0.25) is 20.4 Å². The van der Waals surface area contributed by atoms with Gasteiger partial charge in [0.2, 0.25) is 0 Å². The van der Waals surface area contributed by atoms with Crippen molar-refractivity contribution in [2.45, 2.75) is 19.8 Å². The van der Waals surface area contributed by atoms with E-state index in [0.717, 1.165) is 17.9 Å². The van der Waals surface area contributed by atoms with Crippen LogP contribution < -0.4 is 9.80 Å². The lowest BCUT2D eigenvalue weighted by atomic mass is 10.0. The molecule has 1 N–H and O–H groups in total. The summed E-state index contributed by atoms with van der Waals surface area (Å²) < 4.78 is 5.34. The van der Waals surface area contributed by atoms with Gasteiger partial charge in [0, 0.05) is 18.0 Å². The number of methoxy groups -OCH3 is 1. The molecule has 0 aliphatic carbocycles. The van der Waals surface area contributed by atoms with Crippen LogP contribution in [-0.4, -0.2) is 28.8 Å². The Morgan fingerprint density at radius 3 is 2.72 bits per heavy atom. The van der Waals surface area contributed by atoms with Crippen LogP contribution in [0.25, 0.3) is 21.8 Å². The summed E-state index contributed by atoms with van der Waals surface area (Å²) >= 11 is 0. The second-order valence-electron chi connectivity index (χ2n) is 5.72. The van der Waals surface area contributed by atoms with Crippen LogP contribution >= 0.6 is 0 Å². The van der Waals surface area contributed by atoms with Gasteiger partial charge in [-0.15, -0.1) is 0 Å². The molecule has 0 bridgehead atoms. The Bertz CT molecular complexity index is 942. The Morgan fingerprint density at radius 1 is 1.28 bits per heavy atom. The molecule has 0 saturated carbocycles. The van der Waals surface area contributed by atoms with Gasteiger partial charge in [-0.25, -0.2) is 4.98 Å². The first-order valence-electron chi connectivity index (χ1n) is 8.08. The van der Waals surface area contributed by atoms with Crippen LogP contribution in [0.15, 0.2) is 36.4 Å². The molecular weight excluding hydrogens is 322 g/mol. The van der Waals surface area contributed by atoms with E-state index < -0.39 is 4.92 Å². The monoisotopic (exact) mass is 341 g/mol. The summed E-state index contributed by atoms with van der Waals surface area (Å²) in [7, 11) is 1.49. The molecule has 0 unspecified atom stereocenters. The molecule has 2 aromatic carbocycles. The summed E-state index contributed by atoms with van der Waals surface area (Å²) in [6, 6.07) is 10.2. The molecule has 3 aromatic rings. The van der Waals surface area contributed by atoms with E-state index in [2.05, 4.69) is 4.98 Å². The average molecular weight is 341 g/mol. The number of nitro benzene ring substituents is 1. The zero-order valence-corrected chi connectivity index (χ0v) is 14.1. The van der Waals surface area contributed by atoms with Crippen molar-refractivity contribution in [3.63, 3.8) is 0 Å². The maximum atomic E-state index is 11.6. The fourth-order valence-corrected chi connectivity index (χ4v) is 2.94. The zero-order chi connectivity index (χ0) is 18.0. The Hall–Kier alpha value is -2.93. The Labute approximate surface area is 144 Å². The van der Waals surface area contributed by atoms with Crippen LogP contribution in [0, 0.1) is 10.1 Å². The van der Waals surface area contributed by atoms with Crippen LogP contribution in [0.1, 0.15) is 19.8 Å². The molecule has 3 rings (SSSR count). The minimum atomic E-state index is -0.463. The first-order chi connectivity index (χ1) is 12.1. The molecule has 1 aromatic heterocycles. The molecule has 0 aliphatic heterocycles. The zero-order valence-electron chi connectivity index (χ0n) is 14.1. The van der Waals surface area contributed by atoms with Crippen molar-refractivity contribution >= 4 is 33.2 Å². The van der Waals surface area contributed by atoms with Crippen molar-refractivity contribution < 1.29 is 14.9 Å². The summed E-state index contributed by atoms with van der Waals surface area (Å²) in [6.45, 7) is 2.38. The van der Waals surface area contributed by atoms with Gasteiger partial charge >= 0.3 is 0 Å². The van der Waals surface area contributed by atoms with Crippen LogP contribution in [-0.2, 0) is 0 Å². The molecule has 0 amide bonds. The molecule has 0 fully saturated rings. The number of benzene rings is 2. The number of aromatic nitrogens is 1. The highest BCUT2D eigenvalue weighted by molar-refractivity contribution is 6.12. The second-order valence-corrected chi connectivity index (χ2v) is 5.72. The van der Waals surface area contributed by atoms with Gasteiger partial charge in [-0.05, 0) is 18.6 Å². The van der Waals surface area contributed by atoms with E-state index in [1.165, 1.54) is 19.2 Å². The third-order valence-electron chi connectivity index (χ3n) is 4.15. The Morgan fingerprint density at radius 2 is 2.04 bits per heavy atom. The van der Waals surface area contributed by atoms with Crippen LogP contribution in [0.3, 0.4) is 0 Å². The quantitative estimate of drug-likeness (QED) is 0.408. The minimum Gasteiger partial charge on any atom is -0.494 e. The molecule has 0 spiro atoms. The van der Waals surface area contributed by atoms with Crippen molar-refractivity contribution in [3.05, 3.63) is 46.5 Å². The molecule has 0 aliphatic rings. The average Bonchev–Trinajstić information content (AvgIpc) is 2.63. The number of anilines is 1. The fourth-order valence-electron chi connectivity index (χ4n) is 2.94. The standard InChI is InChI=1S/C18H19N3O4/c1-3-4-11-20(22)18-12-7-5-6-8-13(12)19-17-15(25-2)10-9-14(16(17)18)21(23)24/h5-10,22H,3-4,11H2,1-2H3. The highest BCUT2D eigenvalue weighted by Crippen LogP contribution is 2.41.